The van der Waals surface area contributed by atoms with Crippen LogP contribution < -0.4 is 0 Å². The second-order valence-electron chi connectivity index (χ2n) is 8.31. The summed E-state index contributed by atoms with van der Waals surface area (Å²) in [6.07, 6.45) is 8.77. The molecule has 0 radical (unpaired) electrons. The number of rotatable bonds is 5. The van der Waals surface area contributed by atoms with Crippen molar-refractivity contribution < 1.29 is 18.0 Å². The Morgan fingerprint density at radius 1 is 1.18 bits per heavy atom. The zero-order valence-corrected chi connectivity index (χ0v) is 18.5. The Morgan fingerprint density at radius 3 is 2.39 bits per heavy atom. The third-order valence-electron chi connectivity index (χ3n) is 6.02. The first-order valence-corrected chi connectivity index (χ1v) is 11.8. The number of piperidine rings is 1. The van der Waals surface area contributed by atoms with Crippen molar-refractivity contribution in [2.75, 3.05) is 32.4 Å². The predicted octanol–water partition coefficient (Wildman–Crippen LogP) is 1.49. The van der Waals surface area contributed by atoms with Gasteiger partial charge in [0, 0.05) is 19.2 Å². The number of hydrogen-bond donors (Lipinski definition) is 0. The molecule has 3 fully saturated rings. The maximum Gasteiger partial charge on any atom is 0.246 e. The second kappa shape index (κ2) is 9.13. The minimum absolute atomic E-state index is 0. The highest BCUT2D eigenvalue weighted by Crippen LogP contribution is 2.41. The van der Waals surface area contributed by atoms with Crippen LogP contribution in [0.1, 0.15) is 39.5 Å². The second-order valence-corrected chi connectivity index (χ2v) is 10.2. The fourth-order valence-corrected chi connectivity index (χ4v) is 6.00. The van der Waals surface area contributed by atoms with E-state index >= 15 is 0 Å². The lowest BCUT2D eigenvalue weighted by molar-refractivity contribution is -0.131. The van der Waals surface area contributed by atoms with E-state index in [4.69, 9.17) is 0 Å². The summed E-state index contributed by atoms with van der Waals surface area (Å²) in [6.45, 7) is 7.22. The van der Waals surface area contributed by atoms with Crippen LogP contribution in [0.4, 0.5) is 0 Å². The molecule has 7 nitrogen and oxygen atoms in total. The number of carbonyl (C=O) groups excluding carboxylic acids is 2. The minimum Gasteiger partial charge on any atom is -0.333 e. The molecule has 28 heavy (non-hydrogen) atoms. The number of fused-ring (bicyclic) bond motifs is 1. The molecule has 0 aromatic heterocycles. The Kier molecular flexibility index (Phi) is 7.56. The van der Waals surface area contributed by atoms with Crippen LogP contribution in [0.3, 0.4) is 0 Å². The maximum atomic E-state index is 12.8. The Bertz CT molecular complexity index is 719. The van der Waals surface area contributed by atoms with Gasteiger partial charge in [0.2, 0.25) is 21.8 Å². The lowest BCUT2D eigenvalue weighted by Crippen LogP contribution is -2.43. The quantitative estimate of drug-likeness (QED) is 0.614. The van der Waals surface area contributed by atoms with Crippen molar-refractivity contribution in [2.45, 2.75) is 51.6 Å². The maximum absolute atomic E-state index is 12.8. The van der Waals surface area contributed by atoms with Gasteiger partial charge in [0.15, 0.2) is 0 Å². The van der Waals surface area contributed by atoms with E-state index in [2.05, 4.69) is 4.90 Å². The lowest BCUT2D eigenvalue weighted by atomic mass is 9.88. The van der Waals surface area contributed by atoms with Crippen molar-refractivity contribution in [2.24, 2.45) is 11.8 Å². The highest BCUT2D eigenvalue weighted by Gasteiger charge is 2.58. The van der Waals surface area contributed by atoms with E-state index in [9.17, 15) is 18.0 Å². The van der Waals surface area contributed by atoms with Gasteiger partial charge in [0.25, 0.3) is 0 Å². The van der Waals surface area contributed by atoms with Gasteiger partial charge in [-0.1, -0.05) is 26.3 Å². The third kappa shape index (κ3) is 4.54. The largest absolute Gasteiger partial charge is 0.333 e. The van der Waals surface area contributed by atoms with Crippen LogP contribution in [0.5, 0.6) is 0 Å². The smallest absolute Gasteiger partial charge is 0.246 e. The molecule has 3 aliphatic rings. The summed E-state index contributed by atoms with van der Waals surface area (Å²) in [5.74, 6) is -0.972. The highest BCUT2D eigenvalue weighted by atomic mass is 35.5. The third-order valence-corrected chi connectivity index (χ3v) is 7.19. The molecule has 3 aliphatic heterocycles. The summed E-state index contributed by atoms with van der Waals surface area (Å²) in [7, 11) is -3.63. The van der Waals surface area contributed by atoms with Crippen molar-refractivity contribution in [1.29, 1.82) is 0 Å². The molecule has 0 spiro atoms. The summed E-state index contributed by atoms with van der Waals surface area (Å²) in [4.78, 5) is 29.6. The molecule has 1 unspecified atom stereocenters. The van der Waals surface area contributed by atoms with Crippen molar-refractivity contribution in [3.05, 3.63) is 12.2 Å². The molecular weight excluding hydrogens is 402 g/mol. The van der Waals surface area contributed by atoms with Crippen LogP contribution in [0, 0.1) is 11.8 Å². The number of hydrogen-bond acceptors (Lipinski definition) is 5. The average molecular weight is 434 g/mol. The van der Waals surface area contributed by atoms with E-state index in [1.165, 1.54) is 19.3 Å². The molecule has 3 rings (SSSR count). The molecule has 3 saturated heterocycles. The van der Waals surface area contributed by atoms with Gasteiger partial charge in [0.1, 0.15) is 0 Å². The first kappa shape index (κ1) is 23.2. The van der Waals surface area contributed by atoms with Gasteiger partial charge in [-0.25, -0.2) is 12.7 Å². The van der Waals surface area contributed by atoms with Gasteiger partial charge in [0.05, 0.1) is 24.3 Å². The number of amides is 2. The van der Waals surface area contributed by atoms with Crippen molar-refractivity contribution in [3.8, 4) is 0 Å². The number of nitrogens with zero attached hydrogens (tertiary/aromatic N) is 3. The topological polar surface area (TPSA) is 78.0 Å². The van der Waals surface area contributed by atoms with Crippen LogP contribution in [-0.2, 0) is 19.6 Å². The van der Waals surface area contributed by atoms with Crippen molar-refractivity contribution in [3.63, 3.8) is 0 Å². The van der Waals surface area contributed by atoms with Gasteiger partial charge in [-0.3, -0.25) is 14.5 Å². The summed E-state index contributed by atoms with van der Waals surface area (Å²) in [5, 5.41) is 0. The molecule has 3 atom stereocenters. The Balaban J connectivity index is 0.00000280. The van der Waals surface area contributed by atoms with Gasteiger partial charge in [-0.05, 0) is 38.3 Å². The molecule has 3 heterocycles. The van der Waals surface area contributed by atoms with Gasteiger partial charge < -0.3 is 4.90 Å². The average Bonchev–Trinajstić information content (AvgIpc) is 3.11. The van der Waals surface area contributed by atoms with Crippen LogP contribution >= 0.6 is 12.4 Å². The van der Waals surface area contributed by atoms with E-state index in [-0.39, 0.29) is 36.2 Å². The first-order valence-electron chi connectivity index (χ1n) is 9.94. The molecule has 0 saturated carbocycles. The summed E-state index contributed by atoms with van der Waals surface area (Å²) in [5.41, 5.74) is 0. The zero-order valence-electron chi connectivity index (χ0n) is 16.9. The lowest BCUT2D eigenvalue weighted by Gasteiger charge is -2.28. The van der Waals surface area contributed by atoms with Crippen molar-refractivity contribution in [1.82, 2.24) is 14.1 Å². The van der Waals surface area contributed by atoms with Gasteiger partial charge in [-0.2, -0.15) is 0 Å². The summed E-state index contributed by atoms with van der Waals surface area (Å²) in [6, 6.07) is -0.793. The number of carbonyl (C=O) groups is 2. The van der Waals surface area contributed by atoms with E-state index in [1.54, 1.807) is 11.0 Å². The molecule has 0 aromatic carbocycles. The number of halogens is 1. The van der Waals surface area contributed by atoms with Crippen LogP contribution in [0.15, 0.2) is 12.2 Å². The Labute approximate surface area is 174 Å². The Hall–Kier alpha value is -1.12. The normalized spacial score (nSPS) is 28.9. The fourth-order valence-electron chi connectivity index (χ4n) is 4.83. The zero-order chi connectivity index (χ0) is 19.8. The molecule has 0 aromatic rings. The van der Waals surface area contributed by atoms with Crippen LogP contribution in [0.25, 0.3) is 0 Å². The molecule has 2 amide bonds. The number of likely N-dealkylation sites (tertiary alicyclic amines) is 2. The van der Waals surface area contributed by atoms with E-state index in [0.29, 0.717) is 13.0 Å². The van der Waals surface area contributed by atoms with E-state index in [1.807, 2.05) is 19.9 Å². The molecule has 9 heteroatoms. The molecule has 0 N–H and O–H groups in total. The predicted molar refractivity (Wildman–Crippen MR) is 111 cm³/mol. The molecule has 160 valence electrons. The standard InChI is InChI=1S/C19H31N3O4S.ClH/c1-14(2)17-18-15(22(19(17)24)27(3,25)26)9-13-21(18)16(23)8-7-12-20-10-5-4-6-11-20;/h7-8,14-15,17-18H,4-6,9-13H2,1-3H3;1H/b8-7+;/t15?,17-,18+;/m0./s1. The van der Waals surface area contributed by atoms with Crippen molar-refractivity contribution >= 4 is 34.2 Å². The van der Waals surface area contributed by atoms with Crippen LogP contribution in [0.2, 0.25) is 0 Å². The fraction of sp³-hybridized carbons (Fsp3) is 0.789. The molecule has 0 bridgehead atoms. The van der Waals surface area contributed by atoms with Crippen LogP contribution in [-0.4, -0.2) is 78.9 Å². The van der Waals surface area contributed by atoms with E-state index < -0.39 is 22.0 Å². The summed E-state index contributed by atoms with van der Waals surface area (Å²) < 4.78 is 25.4. The minimum atomic E-state index is -3.63. The van der Waals surface area contributed by atoms with Gasteiger partial charge in [-0.15, -0.1) is 12.4 Å². The van der Waals surface area contributed by atoms with E-state index in [0.717, 1.165) is 30.2 Å². The SMILES string of the molecule is CC(C)[C@@H]1C(=O)N(S(C)(=O)=O)C2CCN(C(=O)/C=C/CN3CCCCC3)[C@H]21.Cl. The monoisotopic (exact) mass is 433 g/mol. The molecule has 0 aliphatic carbocycles. The first-order chi connectivity index (χ1) is 12.7. The molecular formula is C19H32ClN3O4S. The Morgan fingerprint density at radius 2 is 1.82 bits per heavy atom. The summed E-state index contributed by atoms with van der Waals surface area (Å²) >= 11 is 0. The highest BCUT2D eigenvalue weighted by molar-refractivity contribution is 7.88. The number of sulfonamides is 1. The van der Waals surface area contributed by atoms with Gasteiger partial charge >= 0.3 is 0 Å².